The second kappa shape index (κ2) is 12.7. The van der Waals surface area contributed by atoms with Gasteiger partial charge < -0.3 is 18.4 Å². The van der Waals surface area contributed by atoms with E-state index in [4.69, 9.17) is 4.74 Å². The fraction of sp³-hybridized carbons (Fsp3) is 0.0164. The van der Waals surface area contributed by atoms with Crippen molar-refractivity contribution in [1.29, 1.82) is 0 Å². The first-order valence-electron chi connectivity index (χ1n) is 22.4. The quantitative estimate of drug-likeness (QED) is 0.174. The predicted octanol–water partition coefficient (Wildman–Crippen LogP) is 15.4. The van der Waals surface area contributed by atoms with Gasteiger partial charge in [-0.3, -0.25) is 0 Å². The molecule has 0 saturated carbocycles. The van der Waals surface area contributed by atoms with Gasteiger partial charge in [-0.05, 0) is 82.9 Å². The van der Waals surface area contributed by atoms with E-state index in [1.165, 1.54) is 76.8 Å². The monoisotopic (exact) mass is 827 g/mol. The van der Waals surface area contributed by atoms with Gasteiger partial charge in [0.05, 0.1) is 44.2 Å². The van der Waals surface area contributed by atoms with Crippen LogP contribution in [-0.2, 0) is 5.41 Å². The Morgan fingerprint density at radius 1 is 0.292 bits per heavy atom. The highest BCUT2D eigenvalue weighted by atomic mass is 16.5. The summed E-state index contributed by atoms with van der Waals surface area (Å²) in [6.07, 6.45) is 0. The molecule has 4 heteroatoms. The molecule has 2 aliphatic rings. The molecule has 302 valence electrons. The Hall–Kier alpha value is -8.60. The van der Waals surface area contributed by atoms with Crippen LogP contribution in [0.5, 0.6) is 11.5 Å². The summed E-state index contributed by atoms with van der Waals surface area (Å²) >= 11 is 0. The summed E-state index contributed by atoms with van der Waals surface area (Å²) in [5.41, 5.74) is 17.1. The van der Waals surface area contributed by atoms with E-state index in [2.05, 4.69) is 238 Å². The third-order valence-corrected chi connectivity index (χ3v) is 14.5. The van der Waals surface area contributed by atoms with Crippen LogP contribution in [0.15, 0.2) is 224 Å². The lowest BCUT2D eigenvalue weighted by Crippen LogP contribution is -2.37. The zero-order chi connectivity index (χ0) is 42.4. The number of hydrogen-bond donors (Lipinski definition) is 0. The highest BCUT2D eigenvalue weighted by molar-refractivity contribution is 6.15. The molecule has 10 aromatic carbocycles. The minimum atomic E-state index is -0.655. The Kier molecular flexibility index (Phi) is 6.85. The maximum atomic E-state index is 7.16. The van der Waals surface area contributed by atoms with E-state index in [1.54, 1.807) is 0 Å². The Labute approximate surface area is 374 Å². The zero-order valence-electron chi connectivity index (χ0n) is 35.1. The van der Waals surface area contributed by atoms with E-state index in [9.17, 15) is 0 Å². The fourth-order valence-electron chi connectivity index (χ4n) is 11.9. The van der Waals surface area contributed by atoms with Gasteiger partial charge in [0.25, 0.3) is 0 Å². The van der Waals surface area contributed by atoms with Crippen LogP contribution in [0.25, 0.3) is 93.6 Å². The van der Waals surface area contributed by atoms with Crippen LogP contribution in [0, 0.1) is 0 Å². The normalized spacial score (nSPS) is 15.0. The molecule has 1 unspecified atom stereocenters. The number of fused-ring (bicyclic) bond motifs is 17. The van der Waals surface area contributed by atoms with Gasteiger partial charge in [0, 0.05) is 60.9 Å². The molecule has 5 heterocycles. The smallest absolute Gasteiger partial charge is 0.134 e. The summed E-state index contributed by atoms with van der Waals surface area (Å²) in [5.74, 6) is 1.74. The van der Waals surface area contributed by atoms with Crippen molar-refractivity contribution < 1.29 is 4.74 Å². The number of aromatic nitrogens is 3. The lowest BCUT2D eigenvalue weighted by molar-refractivity contribution is 0.434. The summed E-state index contributed by atoms with van der Waals surface area (Å²) in [7, 11) is 0. The van der Waals surface area contributed by atoms with E-state index < -0.39 is 5.41 Å². The average molecular weight is 828 g/mol. The largest absolute Gasteiger partial charge is 0.457 e. The second-order valence-corrected chi connectivity index (χ2v) is 17.6. The molecule has 65 heavy (non-hydrogen) atoms. The highest BCUT2D eigenvalue weighted by Crippen LogP contribution is 2.61. The number of benzene rings is 10. The zero-order valence-corrected chi connectivity index (χ0v) is 35.1. The third-order valence-electron chi connectivity index (χ3n) is 14.5. The minimum Gasteiger partial charge on any atom is -0.457 e. The molecule has 0 amide bonds. The van der Waals surface area contributed by atoms with E-state index in [0.29, 0.717) is 0 Å². The van der Waals surface area contributed by atoms with Crippen molar-refractivity contribution in [1.82, 2.24) is 13.7 Å². The molecule has 13 aromatic rings. The van der Waals surface area contributed by atoms with Crippen molar-refractivity contribution in [3.05, 3.63) is 247 Å². The summed E-state index contributed by atoms with van der Waals surface area (Å²) in [4.78, 5) is 0. The van der Waals surface area contributed by atoms with Crippen molar-refractivity contribution in [3.63, 3.8) is 0 Å². The molecule has 0 fully saturated rings. The molecular weight excluding hydrogens is 791 g/mol. The molecule has 2 aliphatic heterocycles. The highest BCUT2D eigenvalue weighted by Gasteiger charge is 2.50. The first-order chi connectivity index (χ1) is 32.3. The Morgan fingerprint density at radius 2 is 0.831 bits per heavy atom. The van der Waals surface area contributed by atoms with Crippen molar-refractivity contribution >= 4 is 65.4 Å². The summed E-state index contributed by atoms with van der Waals surface area (Å²) in [5, 5.41) is 7.36. The Bertz CT molecular complexity index is 4150. The molecule has 4 nitrogen and oxygen atoms in total. The summed E-state index contributed by atoms with van der Waals surface area (Å²) < 4.78 is 14.5. The molecule has 0 saturated heterocycles. The van der Waals surface area contributed by atoms with Crippen LogP contribution in [0.2, 0.25) is 0 Å². The molecule has 0 radical (unpaired) electrons. The molecule has 0 bridgehead atoms. The number of hydrogen-bond acceptors (Lipinski definition) is 1. The van der Waals surface area contributed by atoms with Crippen LogP contribution < -0.4 is 4.74 Å². The lowest BCUT2D eigenvalue weighted by atomic mass is 9.61. The SMILES string of the molecule is c1ccc(-c2ccc(-n3c4ccccc4c4ccc(-n5c6ccccc6c6cc7c(cc65)Oc5ccccc5C75c6ccccc6-n6c7ccccc7c7cccc5c76)cc43)cc2)cc1. The van der Waals surface area contributed by atoms with Gasteiger partial charge in [-0.1, -0.05) is 158 Å². The van der Waals surface area contributed by atoms with Gasteiger partial charge in [0.15, 0.2) is 0 Å². The van der Waals surface area contributed by atoms with Crippen molar-refractivity contribution in [2.45, 2.75) is 5.41 Å². The minimum absolute atomic E-state index is 0.655. The number of para-hydroxylation sites is 6. The molecular formula is C61H37N3O. The van der Waals surface area contributed by atoms with Gasteiger partial charge in [-0.25, -0.2) is 0 Å². The first-order valence-corrected chi connectivity index (χ1v) is 22.4. The van der Waals surface area contributed by atoms with Gasteiger partial charge in [0.2, 0.25) is 0 Å². The van der Waals surface area contributed by atoms with Gasteiger partial charge in [-0.2, -0.15) is 0 Å². The maximum absolute atomic E-state index is 7.16. The third kappa shape index (κ3) is 4.50. The Balaban J connectivity index is 1.01. The fourth-order valence-corrected chi connectivity index (χ4v) is 11.9. The number of rotatable bonds is 3. The predicted molar refractivity (Wildman–Crippen MR) is 267 cm³/mol. The standard InChI is InChI=1S/C61H37N3O/c1-2-15-38(16-3-1)39-29-31-40(32-30-39)62-52-24-9-4-17-42(52)45-34-33-41(35-56(45)62)63-53-25-10-6-19-44(53)47-36-51-59(37-57(47)63)65-58-28-13-8-22-49(58)61(51)48-21-7-12-27-55(48)64-54-26-11-5-18-43(54)46-20-14-23-50(61)60(46)64/h1-37H. The van der Waals surface area contributed by atoms with E-state index in [-0.39, 0.29) is 0 Å². The molecule has 1 spiro atoms. The van der Waals surface area contributed by atoms with Crippen LogP contribution >= 0.6 is 0 Å². The molecule has 0 N–H and O–H groups in total. The summed E-state index contributed by atoms with van der Waals surface area (Å²) in [6, 6.07) is 82.4. The van der Waals surface area contributed by atoms with Crippen molar-refractivity contribution in [2.75, 3.05) is 0 Å². The lowest BCUT2D eigenvalue weighted by Gasteiger charge is -2.45. The van der Waals surface area contributed by atoms with Gasteiger partial charge in [-0.15, -0.1) is 0 Å². The van der Waals surface area contributed by atoms with E-state index >= 15 is 0 Å². The second-order valence-electron chi connectivity index (χ2n) is 17.6. The topological polar surface area (TPSA) is 24.0 Å². The number of nitrogens with zero attached hydrogens (tertiary/aromatic N) is 3. The van der Waals surface area contributed by atoms with Crippen LogP contribution in [0.1, 0.15) is 22.3 Å². The van der Waals surface area contributed by atoms with Crippen LogP contribution in [0.4, 0.5) is 0 Å². The Morgan fingerprint density at radius 3 is 1.62 bits per heavy atom. The van der Waals surface area contributed by atoms with E-state index in [0.717, 1.165) is 50.6 Å². The number of ether oxygens (including phenoxy) is 1. The molecule has 0 aliphatic carbocycles. The van der Waals surface area contributed by atoms with Crippen molar-refractivity contribution in [2.24, 2.45) is 0 Å². The van der Waals surface area contributed by atoms with Crippen LogP contribution in [0.3, 0.4) is 0 Å². The van der Waals surface area contributed by atoms with E-state index in [1.807, 2.05) is 0 Å². The summed E-state index contributed by atoms with van der Waals surface area (Å²) in [6.45, 7) is 0. The van der Waals surface area contributed by atoms with Crippen molar-refractivity contribution in [3.8, 4) is 39.7 Å². The average Bonchev–Trinajstić information content (AvgIpc) is 4.01. The molecule has 1 atom stereocenters. The van der Waals surface area contributed by atoms with Gasteiger partial charge >= 0.3 is 0 Å². The molecule has 15 rings (SSSR count). The maximum Gasteiger partial charge on any atom is 0.134 e. The van der Waals surface area contributed by atoms with Crippen LogP contribution in [-0.4, -0.2) is 13.7 Å². The van der Waals surface area contributed by atoms with Gasteiger partial charge in [0.1, 0.15) is 11.5 Å². The first kappa shape index (κ1) is 34.9. The molecule has 3 aromatic heterocycles.